The Morgan fingerprint density at radius 2 is 2.15 bits per heavy atom. The molecule has 2 aromatic rings. The quantitative estimate of drug-likeness (QED) is 0.894. The Morgan fingerprint density at radius 1 is 1.30 bits per heavy atom. The first kappa shape index (κ1) is 17.8. The molecule has 1 aliphatic heterocycles. The highest BCUT2D eigenvalue weighted by atomic mass is 16.3. The smallest absolute Gasteiger partial charge is 0.286 e. The van der Waals surface area contributed by atoms with Crippen molar-refractivity contribution in [2.45, 2.75) is 38.5 Å². The van der Waals surface area contributed by atoms with Crippen LogP contribution in [-0.4, -0.2) is 46.1 Å². The van der Waals surface area contributed by atoms with Gasteiger partial charge in [-0.25, -0.2) is 0 Å². The number of hydrogen-bond acceptors (Lipinski definition) is 4. The van der Waals surface area contributed by atoms with Crippen LogP contribution in [0.2, 0.25) is 0 Å². The monoisotopic (exact) mass is 370 g/mol. The van der Waals surface area contributed by atoms with Crippen LogP contribution in [0.1, 0.15) is 58.0 Å². The second-order valence-electron chi connectivity index (χ2n) is 7.55. The lowest BCUT2D eigenvalue weighted by Gasteiger charge is -2.33. The number of aromatic nitrogens is 2. The van der Waals surface area contributed by atoms with Gasteiger partial charge in [-0.2, -0.15) is 5.10 Å². The number of rotatable bonds is 4. The molecule has 7 heteroatoms. The lowest BCUT2D eigenvalue weighted by Crippen LogP contribution is -2.44. The molecule has 0 unspecified atom stereocenters. The molecule has 0 aromatic carbocycles. The molecule has 0 radical (unpaired) electrons. The molecule has 0 saturated carbocycles. The molecule has 2 aromatic heterocycles. The van der Waals surface area contributed by atoms with Gasteiger partial charge in [-0.3, -0.25) is 14.3 Å². The van der Waals surface area contributed by atoms with Crippen LogP contribution >= 0.6 is 0 Å². The number of furan rings is 1. The second-order valence-corrected chi connectivity index (χ2v) is 7.55. The molecule has 1 N–H and O–H groups in total. The Bertz CT molecular complexity index is 825. The predicted octanol–water partition coefficient (Wildman–Crippen LogP) is 2.17. The lowest BCUT2D eigenvalue weighted by atomic mass is 9.94. The van der Waals surface area contributed by atoms with Gasteiger partial charge in [-0.05, 0) is 56.6 Å². The third kappa shape index (κ3) is 3.63. The van der Waals surface area contributed by atoms with E-state index in [1.807, 2.05) is 11.9 Å². The van der Waals surface area contributed by atoms with E-state index < -0.39 is 0 Å². The van der Waals surface area contributed by atoms with Crippen molar-refractivity contribution in [1.29, 1.82) is 0 Å². The fourth-order valence-electron chi connectivity index (χ4n) is 4.25. The van der Waals surface area contributed by atoms with Gasteiger partial charge in [0, 0.05) is 32.2 Å². The van der Waals surface area contributed by atoms with Gasteiger partial charge in [0.2, 0.25) is 0 Å². The molecular weight excluding hydrogens is 344 g/mol. The van der Waals surface area contributed by atoms with Gasteiger partial charge < -0.3 is 14.6 Å². The normalized spacial score (nSPS) is 19.6. The van der Waals surface area contributed by atoms with Crippen molar-refractivity contribution < 1.29 is 14.0 Å². The van der Waals surface area contributed by atoms with E-state index in [9.17, 15) is 9.59 Å². The minimum atomic E-state index is -0.204. The number of carbonyl (C=O) groups is 2. The van der Waals surface area contributed by atoms with E-state index in [4.69, 9.17) is 4.42 Å². The minimum absolute atomic E-state index is 0.0789. The molecule has 2 amide bonds. The summed E-state index contributed by atoms with van der Waals surface area (Å²) in [5, 5.41) is 7.50. The van der Waals surface area contributed by atoms with E-state index in [0.29, 0.717) is 18.8 Å². The van der Waals surface area contributed by atoms with Gasteiger partial charge in [0.1, 0.15) is 5.69 Å². The first-order valence-corrected chi connectivity index (χ1v) is 9.79. The molecule has 1 atom stereocenters. The molecule has 0 bridgehead atoms. The summed E-state index contributed by atoms with van der Waals surface area (Å²) in [6, 6.07) is 3.35. The predicted molar refractivity (Wildman–Crippen MR) is 99.5 cm³/mol. The van der Waals surface area contributed by atoms with Crippen molar-refractivity contribution in [2.75, 3.05) is 19.6 Å². The topological polar surface area (TPSA) is 80.4 Å². The maximum Gasteiger partial charge on any atom is 0.286 e. The summed E-state index contributed by atoms with van der Waals surface area (Å²) in [6.07, 6.45) is 7.64. The van der Waals surface area contributed by atoms with Crippen LogP contribution in [0.3, 0.4) is 0 Å². The van der Waals surface area contributed by atoms with Crippen molar-refractivity contribution in [3.8, 4) is 0 Å². The zero-order valence-corrected chi connectivity index (χ0v) is 15.7. The van der Waals surface area contributed by atoms with Crippen LogP contribution < -0.4 is 5.32 Å². The number of carbonyl (C=O) groups excluding carboxylic acids is 2. The number of amides is 2. The summed E-state index contributed by atoms with van der Waals surface area (Å²) < 4.78 is 6.89. The van der Waals surface area contributed by atoms with Gasteiger partial charge in [0.25, 0.3) is 11.8 Å². The Morgan fingerprint density at radius 3 is 2.96 bits per heavy atom. The summed E-state index contributed by atoms with van der Waals surface area (Å²) in [5.74, 6) is 0.449. The third-order valence-electron chi connectivity index (χ3n) is 5.62. The number of likely N-dealkylation sites (tertiary alicyclic amines) is 1. The van der Waals surface area contributed by atoms with Crippen molar-refractivity contribution in [3.05, 3.63) is 41.1 Å². The number of piperidine rings is 1. The molecule has 3 heterocycles. The maximum absolute atomic E-state index is 13.2. The van der Waals surface area contributed by atoms with Gasteiger partial charge in [0.15, 0.2) is 5.76 Å². The average molecular weight is 370 g/mol. The van der Waals surface area contributed by atoms with E-state index in [-0.39, 0.29) is 17.7 Å². The van der Waals surface area contributed by atoms with Crippen LogP contribution in [0.4, 0.5) is 0 Å². The van der Waals surface area contributed by atoms with Gasteiger partial charge >= 0.3 is 0 Å². The van der Waals surface area contributed by atoms with Crippen LogP contribution in [0.5, 0.6) is 0 Å². The summed E-state index contributed by atoms with van der Waals surface area (Å²) in [4.78, 5) is 27.2. The number of fused-ring (bicyclic) bond motifs is 1. The first-order valence-electron chi connectivity index (χ1n) is 9.79. The zero-order chi connectivity index (χ0) is 18.8. The Hall–Kier alpha value is -2.57. The second kappa shape index (κ2) is 7.58. The Kier molecular flexibility index (Phi) is 5.01. The van der Waals surface area contributed by atoms with Crippen molar-refractivity contribution >= 4 is 11.8 Å². The molecule has 1 fully saturated rings. The number of hydrogen-bond donors (Lipinski definition) is 1. The fraction of sp³-hybridized carbons (Fsp3) is 0.550. The molecule has 1 saturated heterocycles. The Labute approximate surface area is 158 Å². The van der Waals surface area contributed by atoms with E-state index in [1.54, 1.807) is 16.8 Å². The van der Waals surface area contributed by atoms with Gasteiger partial charge in [-0.1, -0.05) is 0 Å². The van der Waals surface area contributed by atoms with E-state index in [0.717, 1.165) is 62.0 Å². The first-order chi connectivity index (χ1) is 13.1. The van der Waals surface area contributed by atoms with Crippen LogP contribution in [0, 0.1) is 5.92 Å². The molecule has 2 aliphatic rings. The maximum atomic E-state index is 13.2. The summed E-state index contributed by atoms with van der Waals surface area (Å²) in [7, 11) is 1.87. The molecular formula is C20H26N4O3. The van der Waals surface area contributed by atoms with Crippen LogP contribution in [0.25, 0.3) is 0 Å². The lowest BCUT2D eigenvalue weighted by molar-refractivity contribution is 0.0658. The molecule has 7 nitrogen and oxygen atoms in total. The van der Waals surface area contributed by atoms with Crippen LogP contribution in [-0.2, 0) is 19.9 Å². The van der Waals surface area contributed by atoms with E-state index >= 15 is 0 Å². The van der Waals surface area contributed by atoms with Crippen molar-refractivity contribution in [3.63, 3.8) is 0 Å². The van der Waals surface area contributed by atoms with E-state index in [2.05, 4.69) is 10.4 Å². The molecule has 4 rings (SSSR count). The van der Waals surface area contributed by atoms with Gasteiger partial charge in [-0.15, -0.1) is 0 Å². The highest BCUT2D eigenvalue weighted by Gasteiger charge is 2.30. The van der Waals surface area contributed by atoms with E-state index in [1.165, 1.54) is 6.26 Å². The van der Waals surface area contributed by atoms with Crippen molar-refractivity contribution in [1.82, 2.24) is 20.0 Å². The number of aryl methyl sites for hydroxylation is 2. The highest BCUT2D eigenvalue weighted by Crippen LogP contribution is 2.26. The highest BCUT2D eigenvalue weighted by molar-refractivity contribution is 5.94. The number of nitrogens with zero attached hydrogens (tertiary/aromatic N) is 3. The summed E-state index contributed by atoms with van der Waals surface area (Å²) in [5.41, 5.74) is 2.98. The van der Waals surface area contributed by atoms with Crippen LogP contribution in [0.15, 0.2) is 22.8 Å². The zero-order valence-electron chi connectivity index (χ0n) is 15.7. The molecule has 1 aliphatic carbocycles. The minimum Gasteiger partial charge on any atom is -0.459 e. The molecule has 0 spiro atoms. The summed E-state index contributed by atoms with van der Waals surface area (Å²) >= 11 is 0. The largest absolute Gasteiger partial charge is 0.459 e. The van der Waals surface area contributed by atoms with Gasteiger partial charge in [0.05, 0.1) is 12.0 Å². The number of nitrogens with one attached hydrogen (secondary N) is 1. The molecule has 144 valence electrons. The van der Waals surface area contributed by atoms with Crippen molar-refractivity contribution in [2.24, 2.45) is 13.0 Å². The third-order valence-corrected chi connectivity index (χ3v) is 5.62. The summed E-state index contributed by atoms with van der Waals surface area (Å²) in [6.45, 7) is 1.98. The fourth-order valence-corrected chi connectivity index (χ4v) is 4.25. The molecule has 27 heavy (non-hydrogen) atoms. The standard InChI is InChI=1S/C20H26N4O3/c1-23-18(15-7-2-3-8-16(15)22-23)20(26)24-10-4-6-14(13-24)12-21-19(25)17-9-5-11-27-17/h5,9,11,14H,2-4,6-8,10,12-13H2,1H3,(H,21,25)/t14-/m1/s1. The SMILES string of the molecule is Cn1nc2c(c1C(=O)N1CCC[C@H](CNC(=O)c3ccco3)C1)CCCC2. The average Bonchev–Trinajstić information content (AvgIpc) is 3.33. The Balaban J connectivity index is 1.40.